The van der Waals surface area contributed by atoms with Crippen LogP contribution in [0.1, 0.15) is 28.7 Å². The van der Waals surface area contributed by atoms with Crippen molar-refractivity contribution in [3.63, 3.8) is 0 Å². The highest BCUT2D eigenvalue weighted by Gasteiger charge is 2.13. The number of rotatable bonds is 7. The summed E-state index contributed by atoms with van der Waals surface area (Å²) in [4.78, 5) is 16.8. The number of nitrogens with one attached hydrogen (secondary N) is 3. The number of amides is 1. The van der Waals surface area contributed by atoms with Crippen molar-refractivity contribution in [2.75, 3.05) is 11.9 Å². The number of benzene rings is 2. The molecule has 0 saturated carbocycles. The van der Waals surface area contributed by atoms with Crippen molar-refractivity contribution in [2.24, 2.45) is 0 Å². The van der Waals surface area contributed by atoms with Crippen LogP contribution in [0.15, 0.2) is 66.9 Å². The number of aliphatic hydroxyl groups is 1. The number of carbonyl (C=O) groups excluding carboxylic acids is 1. The first-order valence-electron chi connectivity index (χ1n) is 9.99. The maximum absolute atomic E-state index is 12.5. The molecule has 0 bridgehead atoms. The molecule has 7 heteroatoms. The van der Waals surface area contributed by atoms with E-state index in [1.165, 1.54) is 0 Å². The van der Waals surface area contributed by atoms with E-state index in [1.54, 1.807) is 19.2 Å². The zero-order chi connectivity index (χ0) is 21.6. The Balaban J connectivity index is 1.56. The number of aromatic nitrogens is 3. The average Bonchev–Trinajstić information content (AvgIpc) is 3.20. The third-order valence-electron chi connectivity index (χ3n) is 4.79. The molecule has 0 aliphatic heterocycles. The topological polar surface area (TPSA) is 103 Å². The summed E-state index contributed by atoms with van der Waals surface area (Å²) in [5.41, 5.74) is 4.58. The molecule has 0 aliphatic carbocycles. The van der Waals surface area contributed by atoms with Crippen LogP contribution in [0.2, 0.25) is 0 Å². The van der Waals surface area contributed by atoms with E-state index in [-0.39, 0.29) is 18.6 Å². The summed E-state index contributed by atoms with van der Waals surface area (Å²) in [6.07, 6.45) is 5.60. The van der Waals surface area contributed by atoms with Crippen LogP contribution in [0.4, 0.5) is 11.4 Å². The number of pyridine rings is 1. The Labute approximate surface area is 179 Å². The summed E-state index contributed by atoms with van der Waals surface area (Å²) < 4.78 is 0. The lowest BCUT2D eigenvalue weighted by molar-refractivity contribution is 0.0923. The van der Waals surface area contributed by atoms with E-state index in [0.717, 1.165) is 28.0 Å². The molecule has 1 atom stereocenters. The molecule has 4 aromatic rings. The van der Waals surface area contributed by atoms with E-state index < -0.39 is 0 Å². The number of para-hydroxylation sites is 1. The fourth-order valence-electron chi connectivity index (χ4n) is 3.18. The van der Waals surface area contributed by atoms with Gasteiger partial charge in [0.15, 0.2) is 0 Å². The molecular weight excluding hydrogens is 390 g/mol. The van der Waals surface area contributed by atoms with Crippen molar-refractivity contribution in [3.05, 3.63) is 83.8 Å². The summed E-state index contributed by atoms with van der Waals surface area (Å²) in [6.45, 7) is 1.63. The standard InChI is InChI=1S/C24H23N5O2/c1-16(15-30)26-24(31)20-7-2-3-8-21(20)27-18-9-11-19-22(28-29-23(19)14-18)12-10-17-6-4-5-13-25-17/h2-14,16,27,30H,15H2,1H3,(H,26,31)(H,28,29)/b12-10+. The number of anilines is 2. The number of carbonyl (C=O) groups is 1. The highest BCUT2D eigenvalue weighted by molar-refractivity contribution is 6.01. The Hall–Kier alpha value is -3.97. The molecule has 7 nitrogen and oxygen atoms in total. The average molecular weight is 413 g/mol. The Morgan fingerprint density at radius 2 is 1.97 bits per heavy atom. The summed E-state index contributed by atoms with van der Waals surface area (Å²) in [5.74, 6) is -0.241. The molecule has 31 heavy (non-hydrogen) atoms. The molecule has 0 spiro atoms. The second-order valence-corrected chi connectivity index (χ2v) is 7.18. The Kier molecular flexibility index (Phi) is 6.05. The predicted molar refractivity (Wildman–Crippen MR) is 123 cm³/mol. The number of H-pyrrole nitrogens is 1. The largest absolute Gasteiger partial charge is 0.394 e. The van der Waals surface area contributed by atoms with Gasteiger partial charge in [-0.05, 0) is 61.5 Å². The first-order chi connectivity index (χ1) is 15.1. The molecule has 4 rings (SSSR count). The van der Waals surface area contributed by atoms with Crippen LogP contribution in [0.5, 0.6) is 0 Å². The van der Waals surface area contributed by atoms with Gasteiger partial charge in [-0.25, -0.2) is 0 Å². The number of aliphatic hydroxyl groups excluding tert-OH is 1. The van der Waals surface area contributed by atoms with Crippen LogP contribution >= 0.6 is 0 Å². The molecule has 156 valence electrons. The highest BCUT2D eigenvalue weighted by atomic mass is 16.3. The minimum atomic E-state index is -0.320. The number of aromatic amines is 1. The highest BCUT2D eigenvalue weighted by Crippen LogP contribution is 2.26. The first-order valence-corrected chi connectivity index (χ1v) is 9.99. The van der Waals surface area contributed by atoms with E-state index >= 15 is 0 Å². The molecule has 2 aromatic heterocycles. The SMILES string of the molecule is CC(CO)NC(=O)c1ccccc1Nc1ccc2c(/C=C/c3ccccn3)n[nH]c2c1. The lowest BCUT2D eigenvalue weighted by atomic mass is 10.1. The second-order valence-electron chi connectivity index (χ2n) is 7.18. The molecule has 0 saturated heterocycles. The molecule has 0 radical (unpaired) electrons. The van der Waals surface area contributed by atoms with Crippen LogP contribution < -0.4 is 10.6 Å². The van der Waals surface area contributed by atoms with Crippen molar-refractivity contribution >= 4 is 40.3 Å². The number of hydrogen-bond acceptors (Lipinski definition) is 5. The van der Waals surface area contributed by atoms with Crippen molar-refractivity contribution in [1.82, 2.24) is 20.5 Å². The van der Waals surface area contributed by atoms with Gasteiger partial charge in [-0.2, -0.15) is 5.10 Å². The van der Waals surface area contributed by atoms with Crippen LogP contribution in [-0.4, -0.2) is 38.8 Å². The normalized spacial score (nSPS) is 12.2. The third kappa shape index (κ3) is 4.79. The van der Waals surface area contributed by atoms with Crippen molar-refractivity contribution in [3.8, 4) is 0 Å². The molecule has 1 amide bonds. The van der Waals surface area contributed by atoms with E-state index in [4.69, 9.17) is 0 Å². The van der Waals surface area contributed by atoms with Crippen LogP contribution in [-0.2, 0) is 0 Å². The third-order valence-corrected chi connectivity index (χ3v) is 4.79. The van der Waals surface area contributed by atoms with Crippen LogP contribution in [0, 0.1) is 0 Å². The van der Waals surface area contributed by atoms with Gasteiger partial charge in [0.2, 0.25) is 0 Å². The fraction of sp³-hybridized carbons (Fsp3) is 0.125. The van der Waals surface area contributed by atoms with Crippen molar-refractivity contribution in [1.29, 1.82) is 0 Å². The van der Waals surface area contributed by atoms with Gasteiger partial charge >= 0.3 is 0 Å². The van der Waals surface area contributed by atoms with E-state index in [0.29, 0.717) is 11.3 Å². The minimum absolute atomic E-state index is 0.116. The zero-order valence-corrected chi connectivity index (χ0v) is 17.0. The summed E-state index contributed by atoms with van der Waals surface area (Å²) in [7, 11) is 0. The second kappa shape index (κ2) is 9.23. The van der Waals surface area contributed by atoms with Gasteiger partial charge in [-0.1, -0.05) is 18.2 Å². The molecule has 1 unspecified atom stereocenters. The van der Waals surface area contributed by atoms with Gasteiger partial charge in [0.05, 0.1) is 34.8 Å². The van der Waals surface area contributed by atoms with Gasteiger partial charge in [0, 0.05) is 23.3 Å². The summed E-state index contributed by atoms with van der Waals surface area (Å²) in [5, 5.41) is 23.7. The van der Waals surface area contributed by atoms with E-state index in [1.807, 2.05) is 66.7 Å². The Morgan fingerprint density at radius 3 is 2.77 bits per heavy atom. The molecular formula is C24H23N5O2. The number of nitrogens with zero attached hydrogens (tertiary/aromatic N) is 2. The lowest BCUT2D eigenvalue weighted by Gasteiger charge is -2.15. The number of fused-ring (bicyclic) bond motifs is 1. The van der Waals surface area contributed by atoms with E-state index in [9.17, 15) is 9.90 Å². The monoisotopic (exact) mass is 413 g/mol. The predicted octanol–water partition coefficient (Wildman–Crippen LogP) is 3.98. The quantitative estimate of drug-likeness (QED) is 0.367. The number of hydrogen-bond donors (Lipinski definition) is 4. The Morgan fingerprint density at radius 1 is 1.13 bits per heavy atom. The Bertz CT molecular complexity index is 1220. The van der Waals surface area contributed by atoms with Gasteiger partial charge in [-0.3, -0.25) is 14.9 Å². The van der Waals surface area contributed by atoms with Gasteiger partial charge in [0.25, 0.3) is 5.91 Å². The van der Waals surface area contributed by atoms with Gasteiger partial charge in [-0.15, -0.1) is 0 Å². The lowest BCUT2D eigenvalue weighted by Crippen LogP contribution is -2.35. The molecule has 0 aliphatic rings. The fourth-order valence-corrected chi connectivity index (χ4v) is 3.18. The zero-order valence-electron chi connectivity index (χ0n) is 17.0. The molecule has 2 aromatic carbocycles. The van der Waals surface area contributed by atoms with Crippen molar-refractivity contribution in [2.45, 2.75) is 13.0 Å². The maximum atomic E-state index is 12.5. The van der Waals surface area contributed by atoms with E-state index in [2.05, 4.69) is 25.8 Å². The van der Waals surface area contributed by atoms with Crippen LogP contribution in [0.25, 0.3) is 23.1 Å². The molecule has 2 heterocycles. The molecule has 4 N–H and O–H groups in total. The van der Waals surface area contributed by atoms with Gasteiger partial charge < -0.3 is 15.7 Å². The summed E-state index contributed by atoms with van der Waals surface area (Å²) in [6, 6.07) is 18.6. The van der Waals surface area contributed by atoms with Crippen LogP contribution in [0.3, 0.4) is 0 Å². The molecule has 0 fully saturated rings. The summed E-state index contributed by atoms with van der Waals surface area (Å²) >= 11 is 0. The van der Waals surface area contributed by atoms with Crippen molar-refractivity contribution < 1.29 is 9.90 Å². The maximum Gasteiger partial charge on any atom is 0.253 e. The minimum Gasteiger partial charge on any atom is -0.394 e. The smallest absolute Gasteiger partial charge is 0.253 e. The van der Waals surface area contributed by atoms with Gasteiger partial charge in [0.1, 0.15) is 0 Å². The first kappa shape index (κ1) is 20.3.